The Morgan fingerprint density at radius 2 is 1.81 bits per heavy atom. The number of nitrogens with zero attached hydrogens (tertiary/aromatic N) is 1. The van der Waals surface area contributed by atoms with Gasteiger partial charge < -0.3 is 9.64 Å². The van der Waals surface area contributed by atoms with Crippen molar-refractivity contribution in [3.05, 3.63) is 65.7 Å². The summed E-state index contributed by atoms with van der Waals surface area (Å²) >= 11 is 0. The molecule has 1 aliphatic rings. The Bertz CT molecular complexity index is 624. The number of carbonyl (C=O) groups excluding carboxylic acids is 1. The van der Waals surface area contributed by atoms with E-state index in [2.05, 4.69) is 18.2 Å². The van der Waals surface area contributed by atoms with Gasteiger partial charge >= 0.3 is 6.09 Å². The second-order valence-corrected chi connectivity index (χ2v) is 5.40. The van der Waals surface area contributed by atoms with Crippen LogP contribution >= 0.6 is 0 Å². The van der Waals surface area contributed by atoms with Gasteiger partial charge in [0.05, 0.1) is 6.04 Å². The SMILES string of the molecule is CN(C(=O)Oc1ccccc1)C1CCCc2ccccc21. The highest BCUT2D eigenvalue weighted by Crippen LogP contribution is 2.33. The number of ether oxygens (including phenoxy) is 1. The summed E-state index contributed by atoms with van der Waals surface area (Å²) in [4.78, 5) is 14.0. The van der Waals surface area contributed by atoms with Crippen molar-refractivity contribution in [2.24, 2.45) is 0 Å². The van der Waals surface area contributed by atoms with Gasteiger partial charge in [-0.25, -0.2) is 4.79 Å². The minimum atomic E-state index is -0.303. The smallest absolute Gasteiger partial charge is 0.410 e. The molecule has 0 aromatic heterocycles. The van der Waals surface area contributed by atoms with E-state index in [0.717, 1.165) is 19.3 Å². The van der Waals surface area contributed by atoms with Crippen LogP contribution in [0.15, 0.2) is 54.6 Å². The second-order valence-electron chi connectivity index (χ2n) is 5.40. The lowest BCUT2D eigenvalue weighted by Gasteiger charge is -2.32. The third kappa shape index (κ3) is 2.92. The lowest BCUT2D eigenvalue weighted by atomic mass is 9.87. The second kappa shape index (κ2) is 6.00. The average molecular weight is 281 g/mol. The van der Waals surface area contributed by atoms with Crippen molar-refractivity contribution in [2.45, 2.75) is 25.3 Å². The van der Waals surface area contributed by atoms with Crippen molar-refractivity contribution in [2.75, 3.05) is 7.05 Å². The van der Waals surface area contributed by atoms with E-state index in [1.165, 1.54) is 11.1 Å². The molecule has 0 bridgehead atoms. The summed E-state index contributed by atoms with van der Waals surface area (Å²) in [6.45, 7) is 0. The van der Waals surface area contributed by atoms with E-state index >= 15 is 0 Å². The zero-order valence-electron chi connectivity index (χ0n) is 12.2. The number of fused-ring (bicyclic) bond motifs is 1. The van der Waals surface area contributed by atoms with Crippen LogP contribution in [0, 0.1) is 0 Å². The first-order valence-corrected chi connectivity index (χ1v) is 7.33. The molecule has 21 heavy (non-hydrogen) atoms. The molecule has 0 aliphatic heterocycles. The van der Waals surface area contributed by atoms with Crippen LogP contribution in [0.5, 0.6) is 5.75 Å². The summed E-state index contributed by atoms with van der Waals surface area (Å²) in [5.74, 6) is 0.582. The minimum Gasteiger partial charge on any atom is -0.410 e. The number of rotatable bonds is 2. The summed E-state index contributed by atoms with van der Waals surface area (Å²) in [6.07, 6.45) is 2.87. The van der Waals surface area contributed by atoms with E-state index < -0.39 is 0 Å². The fraction of sp³-hybridized carbons (Fsp3) is 0.278. The quantitative estimate of drug-likeness (QED) is 0.826. The third-order valence-corrected chi connectivity index (χ3v) is 4.04. The Labute approximate surface area is 125 Å². The van der Waals surface area contributed by atoms with Crippen LogP contribution in [0.4, 0.5) is 4.79 Å². The van der Waals surface area contributed by atoms with Gasteiger partial charge in [0.1, 0.15) is 5.75 Å². The lowest BCUT2D eigenvalue weighted by Crippen LogP contribution is -2.35. The van der Waals surface area contributed by atoms with Gasteiger partial charge in [-0.1, -0.05) is 42.5 Å². The largest absolute Gasteiger partial charge is 0.415 e. The Morgan fingerprint density at radius 3 is 2.62 bits per heavy atom. The van der Waals surface area contributed by atoms with Crippen molar-refractivity contribution < 1.29 is 9.53 Å². The third-order valence-electron chi connectivity index (χ3n) is 4.04. The molecule has 0 spiro atoms. The number of benzene rings is 2. The molecule has 1 unspecified atom stereocenters. The van der Waals surface area contributed by atoms with Crippen LogP contribution in [0.3, 0.4) is 0 Å². The van der Waals surface area contributed by atoms with E-state index in [4.69, 9.17) is 4.74 Å². The topological polar surface area (TPSA) is 29.5 Å². The van der Waals surface area contributed by atoms with Gasteiger partial charge in [-0.3, -0.25) is 0 Å². The maximum absolute atomic E-state index is 12.3. The van der Waals surface area contributed by atoms with Crippen LogP contribution in [0.2, 0.25) is 0 Å². The van der Waals surface area contributed by atoms with Crippen molar-refractivity contribution in [3.8, 4) is 5.75 Å². The van der Waals surface area contributed by atoms with Gasteiger partial charge in [0, 0.05) is 7.05 Å². The number of para-hydroxylation sites is 1. The first kappa shape index (κ1) is 13.7. The molecule has 0 saturated heterocycles. The molecule has 2 aromatic rings. The first-order chi connectivity index (χ1) is 10.3. The van der Waals surface area contributed by atoms with Gasteiger partial charge in [-0.2, -0.15) is 0 Å². The van der Waals surface area contributed by atoms with E-state index in [1.54, 1.807) is 17.0 Å². The zero-order valence-corrected chi connectivity index (χ0v) is 12.2. The first-order valence-electron chi connectivity index (χ1n) is 7.33. The fourth-order valence-electron chi connectivity index (χ4n) is 2.92. The van der Waals surface area contributed by atoms with Crippen LogP contribution in [0.25, 0.3) is 0 Å². The molecule has 0 N–H and O–H groups in total. The number of hydrogen-bond acceptors (Lipinski definition) is 2. The van der Waals surface area contributed by atoms with Crippen molar-refractivity contribution >= 4 is 6.09 Å². The number of hydrogen-bond donors (Lipinski definition) is 0. The molecule has 0 saturated carbocycles. The van der Waals surface area contributed by atoms with Gasteiger partial charge in [0.25, 0.3) is 0 Å². The molecule has 108 valence electrons. The van der Waals surface area contributed by atoms with Gasteiger partial charge in [0.15, 0.2) is 0 Å². The molecule has 3 heteroatoms. The van der Waals surface area contributed by atoms with Crippen LogP contribution in [-0.4, -0.2) is 18.0 Å². The number of carbonyl (C=O) groups is 1. The molecule has 1 atom stereocenters. The Morgan fingerprint density at radius 1 is 1.10 bits per heavy atom. The van der Waals surface area contributed by atoms with Gasteiger partial charge in [-0.15, -0.1) is 0 Å². The van der Waals surface area contributed by atoms with Crippen molar-refractivity contribution in [1.82, 2.24) is 4.90 Å². The predicted octanol–water partition coefficient (Wildman–Crippen LogP) is 4.19. The van der Waals surface area contributed by atoms with Crippen LogP contribution in [0.1, 0.15) is 30.0 Å². The summed E-state index contributed by atoms with van der Waals surface area (Å²) in [5, 5.41) is 0. The zero-order chi connectivity index (χ0) is 14.7. The van der Waals surface area contributed by atoms with Crippen LogP contribution < -0.4 is 4.74 Å². The summed E-state index contributed by atoms with van der Waals surface area (Å²) < 4.78 is 5.43. The van der Waals surface area contributed by atoms with E-state index in [-0.39, 0.29) is 12.1 Å². The molecule has 1 amide bonds. The van der Waals surface area contributed by atoms with E-state index in [0.29, 0.717) is 5.75 Å². The number of amides is 1. The molecule has 1 aliphatic carbocycles. The standard InChI is InChI=1S/C18H19NO2/c1-19(18(20)21-15-10-3-2-4-11-15)17-13-7-9-14-8-5-6-12-16(14)17/h2-6,8,10-12,17H,7,9,13H2,1H3. The molecule has 0 fully saturated rings. The number of aryl methyl sites for hydroxylation is 1. The summed E-state index contributed by atoms with van der Waals surface area (Å²) in [6, 6.07) is 17.7. The molecular formula is C18H19NO2. The molecule has 3 nitrogen and oxygen atoms in total. The molecule has 0 radical (unpaired) electrons. The molecule has 2 aromatic carbocycles. The minimum absolute atomic E-state index is 0.103. The van der Waals surface area contributed by atoms with Crippen molar-refractivity contribution in [3.63, 3.8) is 0 Å². The molecule has 3 rings (SSSR count). The average Bonchev–Trinajstić information content (AvgIpc) is 2.54. The monoisotopic (exact) mass is 281 g/mol. The predicted molar refractivity (Wildman–Crippen MR) is 82.4 cm³/mol. The Kier molecular flexibility index (Phi) is 3.91. The van der Waals surface area contributed by atoms with Gasteiger partial charge in [-0.05, 0) is 42.5 Å². The Balaban J connectivity index is 1.76. The maximum Gasteiger partial charge on any atom is 0.415 e. The Hall–Kier alpha value is -2.29. The van der Waals surface area contributed by atoms with Crippen molar-refractivity contribution in [1.29, 1.82) is 0 Å². The maximum atomic E-state index is 12.3. The van der Waals surface area contributed by atoms with Gasteiger partial charge in [0.2, 0.25) is 0 Å². The highest BCUT2D eigenvalue weighted by atomic mass is 16.6. The molecule has 0 heterocycles. The molecular weight excluding hydrogens is 262 g/mol. The fourth-order valence-corrected chi connectivity index (χ4v) is 2.92. The van der Waals surface area contributed by atoms with Crippen LogP contribution in [-0.2, 0) is 6.42 Å². The van der Waals surface area contributed by atoms with E-state index in [1.807, 2.05) is 31.3 Å². The summed E-state index contributed by atoms with van der Waals surface area (Å²) in [7, 11) is 1.82. The lowest BCUT2D eigenvalue weighted by molar-refractivity contribution is 0.140. The van der Waals surface area contributed by atoms with E-state index in [9.17, 15) is 4.79 Å². The highest BCUT2D eigenvalue weighted by Gasteiger charge is 2.27. The highest BCUT2D eigenvalue weighted by molar-refractivity contribution is 5.71. The normalized spacial score (nSPS) is 16.9. The summed E-state index contributed by atoms with van der Waals surface area (Å²) in [5.41, 5.74) is 2.59.